The van der Waals surface area contributed by atoms with Gasteiger partial charge < -0.3 is 9.47 Å². The molecule has 1 fully saturated rings. The zero-order valence-corrected chi connectivity index (χ0v) is 13.9. The molecular formula is C16H21BrO3. The Labute approximate surface area is 128 Å². The Morgan fingerprint density at radius 3 is 2.30 bits per heavy atom. The molecule has 3 atom stereocenters. The van der Waals surface area contributed by atoms with Gasteiger partial charge in [0.2, 0.25) is 0 Å². The first-order chi connectivity index (χ1) is 9.31. The summed E-state index contributed by atoms with van der Waals surface area (Å²) in [5.74, 6) is 1.07. The maximum absolute atomic E-state index is 12.0. The third-order valence-electron chi connectivity index (χ3n) is 3.43. The van der Waals surface area contributed by atoms with Crippen LogP contribution in [-0.2, 0) is 9.53 Å². The van der Waals surface area contributed by atoms with Crippen LogP contribution in [0.4, 0.5) is 0 Å². The van der Waals surface area contributed by atoms with Crippen LogP contribution in [0, 0.1) is 0 Å². The number of benzene rings is 1. The highest BCUT2D eigenvalue weighted by atomic mass is 79.9. The molecular weight excluding hydrogens is 320 g/mol. The van der Waals surface area contributed by atoms with Gasteiger partial charge in [0.1, 0.15) is 11.5 Å². The minimum absolute atomic E-state index is 0.0487. The van der Waals surface area contributed by atoms with Crippen molar-refractivity contribution in [2.24, 2.45) is 0 Å². The molecule has 1 aromatic carbocycles. The summed E-state index contributed by atoms with van der Waals surface area (Å²) >= 11 is 3.53. The van der Waals surface area contributed by atoms with E-state index in [9.17, 15) is 4.79 Å². The molecule has 1 unspecified atom stereocenters. The van der Waals surface area contributed by atoms with Crippen molar-refractivity contribution < 1.29 is 14.3 Å². The van der Waals surface area contributed by atoms with Gasteiger partial charge >= 0.3 is 0 Å². The average molecular weight is 341 g/mol. The number of ether oxygens (including phenoxy) is 2. The van der Waals surface area contributed by atoms with Crippen LogP contribution in [0.3, 0.4) is 0 Å². The molecule has 1 aliphatic carbocycles. The Balaban J connectivity index is 2.26. The van der Waals surface area contributed by atoms with Gasteiger partial charge in [-0.05, 0) is 38.5 Å². The first kappa shape index (κ1) is 15.5. The van der Waals surface area contributed by atoms with Crippen molar-refractivity contribution in [3.05, 3.63) is 29.8 Å². The minimum atomic E-state index is -0.257. The summed E-state index contributed by atoms with van der Waals surface area (Å²) in [5.41, 5.74) is 0.847. The number of carbonyl (C=O) groups excluding carboxylic acids is 1. The summed E-state index contributed by atoms with van der Waals surface area (Å²) in [4.78, 5) is 11.8. The number of methoxy groups -OCH3 is 1. The molecule has 0 radical (unpaired) electrons. The van der Waals surface area contributed by atoms with Crippen molar-refractivity contribution in [1.29, 1.82) is 0 Å². The van der Waals surface area contributed by atoms with E-state index in [1.807, 2.05) is 45.0 Å². The van der Waals surface area contributed by atoms with Crippen LogP contribution in [0.1, 0.15) is 38.7 Å². The smallest absolute Gasteiger partial charge is 0.149 e. The second kappa shape index (κ2) is 5.86. The number of carbonyl (C=O) groups is 1. The molecule has 0 heterocycles. The lowest BCUT2D eigenvalue weighted by Crippen LogP contribution is -2.30. The van der Waals surface area contributed by atoms with E-state index in [2.05, 4.69) is 15.9 Å². The summed E-state index contributed by atoms with van der Waals surface area (Å²) in [6.45, 7) is 6.05. The number of alkyl halides is 1. The van der Waals surface area contributed by atoms with E-state index < -0.39 is 0 Å². The number of ketones is 1. The fraction of sp³-hybridized carbons (Fsp3) is 0.562. The standard InChI is InChI=1S/C16H21BrO3/c1-16(2,3)20-13-9-12(18)15(17)14(13)10-5-7-11(19-4)8-6-10/h5-8,13-15H,9H2,1-4H3/t13-,14+,15?/m0/s1. The van der Waals surface area contributed by atoms with Crippen molar-refractivity contribution in [2.75, 3.05) is 7.11 Å². The first-order valence-corrected chi connectivity index (χ1v) is 7.72. The number of halogens is 1. The fourth-order valence-corrected chi connectivity index (χ4v) is 3.44. The van der Waals surface area contributed by atoms with Crippen LogP contribution in [0.25, 0.3) is 0 Å². The summed E-state index contributed by atoms with van der Waals surface area (Å²) < 4.78 is 11.3. The Bertz CT molecular complexity index is 475. The van der Waals surface area contributed by atoms with Crippen molar-refractivity contribution in [2.45, 2.75) is 49.6 Å². The third kappa shape index (κ3) is 3.41. The van der Waals surface area contributed by atoms with E-state index in [0.717, 1.165) is 11.3 Å². The second-order valence-corrected chi connectivity index (χ2v) is 7.13. The topological polar surface area (TPSA) is 35.5 Å². The molecule has 0 aromatic heterocycles. The van der Waals surface area contributed by atoms with E-state index >= 15 is 0 Å². The van der Waals surface area contributed by atoms with E-state index in [1.165, 1.54) is 0 Å². The molecule has 20 heavy (non-hydrogen) atoms. The van der Waals surface area contributed by atoms with Gasteiger partial charge in [0.05, 0.1) is 23.6 Å². The monoisotopic (exact) mass is 340 g/mol. The van der Waals surface area contributed by atoms with E-state index in [1.54, 1.807) is 7.11 Å². The molecule has 1 aromatic rings. The summed E-state index contributed by atoms with van der Waals surface area (Å²) in [7, 11) is 1.65. The molecule has 1 aliphatic rings. The summed E-state index contributed by atoms with van der Waals surface area (Å²) in [5, 5.41) is 0. The predicted molar refractivity (Wildman–Crippen MR) is 82.7 cm³/mol. The summed E-state index contributed by atoms with van der Waals surface area (Å²) in [6, 6.07) is 7.86. The first-order valence-electron chi connectivity index (χ1n) is 6.80. The molecule has 4 heteroatoms. The number of hydrogen-bond acceptors (Lipinski definition) is 3. The van der Waals surface area contributed by atoms with Crippen LogP contribution in [-0.4, -0.2) is 29.4 Å². The Morgan fingerprint density at radius 1 is 1.20 bits per heavy atom. The third-order valence-corrected chi connectivity index (χ3v) is 4.51. The largest absolute Gasteiger partial charge is 0.497 e. The number of hydrogen-bond donors (Lipinski definition) is 0. The zero-order valence-electron chi connectivity index (χ0n) is 12.4. The van der Waals surface area contributed by atoms with Gasteiger partial charge in [-0.3, -0.25) is 4.79 Å². The van der Waals surface area contributed by atoms with Gasteiger partial charge in [-0.25, -0.2) is 0 Å². The van der Waals surface area contributed by atoms with Crippen LogP contribution < -0.4 is 4.74 Å². The molecule has 0 aliphatic heterocycles. The number of Topliss-reactive ketones (excluding diaryl/α,β-unsaturated/α-hetero) is 1. The molecule has 0 saturated heterocycles. The molecule has 3 nitrogen and oxygen atoms in total. The lowest BCUT2D eigenvalue weighted by Gasteiger charge is -2.29. The van der Waals surface area contributed by atoms with Crippen molar-refractivity contribution in [3.8, 4) is 5.75 Å². The maximum atomic E-state index is 12.0. The predicted octanol–water partition coefficient (Wildman–Crippen LogP) is 3.70. The van der Waals surface area contributed by atoms with Crippen molar-refractivity contribution in [3.63, 3.8) is 0 Å². The summed E-state index contributed by atoms with van der Waals surface area (Å²) in [6.07, 6.45) is 0.379. The molecule has 0 bridgehead atoms. The van der Waals surface area contributed by atoms with E-state index in [4.69, 9.17) is 9.47 Å². The fourth-order valence-electron chi connectivity index (χ4n) is 2.61. The van der Waals surface area contributed by atoms with Crippen molar-refractivity contribution >= 4 is 21.7 Å². The second-order valence-electron chi connectivity index (χ2n) is 6.14. The lowest BCUT2D eigenvalue weighted by molar-refractivity contribution is -0.119. The average Bonchev–Trinajstić information content (AvgIpc) is 2.63. The SMILES string of the molecule is COc1ccc([C@H]2C(Br)C(=O)C[C@@H]2OC(C)(C)C)cc1. The van der Waals surface area contributed by atoms with Crippen LogP contribution >= 0.6 is 15.9 Å². The zero-order chi connectivity index (χ0) is 14.9. The van der Waals surface area contributed by atoms with Gasteiger partial charge in [0.15, 0.2) is 0 Å². The molecule has 2 rings (SSSR count). The Hall–Kier alpha value is -0.870. The highest BCUT2D eigenvalue weighted by Crippen LogP contribution is 2.41. The van der Waals surface area contributed by atoms with Gasteiger partial charge in [-0.1, -0.05) is 28.1 Å². The maximum Gasteiger partial charge on any atom is 0.149 e. The molecule has 110 valence electrons. The quantitative estimate of drug-likeness (QED) is 0.787. The highest BCUT2D eigenvalue weighted by Gasteiger charge is 2.44. The Kier molecular flexibility index (Phi) is 4.55. The van der Waals surface area contributed by atoms with Gasteiger partial charge in [-0.2, -0.15) is 0 Å². The number of rotatable bonds is 3. The van der Waals surface area contributed by atoms with Crippen molar-refractivity contribution in [1.82, 2.24) is 0 Å². The highest BCUT2D eigenvalue weighted by molar-refractivity contribution is 9.10. The van der Waals surface area contributed by atoms with Gasteiger partial charge in [-0.15, -0.1) is 0 Å². The molecule has 0 N–H and O–H groups in total. The minimum Gasteiger partial charge on any atom is -0.497 e. The van der Waals surface area contributed by atoms with Crippen LogP contribution in [0.5, 0.6) is 5.75 Å². The normalized spacial score (nSPS) is 26.9. The Morgan fingerprint density at radius 2 is 1.80 bits per heavy atom. The molecule has 0 spiro atoms. The van der Waals surface area contributed by atoms with Crippen LogP contribution in [0.2, 0.25) is 0 Å². The van der Waals surface area contributed by atoms with E-state index in [-0.39, 0.29) is 28.2 Å². The van der Waals surface area contributed by atoms with Gasteiger partial charge in [0.25, 0.3) is 0 Å². The van der Waals surface area contributed by atoms with Crippen LogP contribution in [0.15, 0.2) is 24.3 Å². The molecule has 1 saturated carbocycles. The van der Waals surface area contributed by atoms with E-state index in [0.29, 0.717) is 6.42 Å². The molecule has 0 amide bonds. The van der Waals surface area contributed by atoms with Gasteiger partial charge in [0, 0.05) is 12.3 Å². The lowest BCUT2D eigenvalue weighted by atomic mass is 9.95.